The van der Waals surface area contributed by atoms with Gasteiger partial charge in [0.25, 0.3) is 11.8 Å². The molecule has 30 heavy (non-hydrogen) atoms. The Morgan fingerprint density at radius 1 is 0.967 bits per heavy atom. The summed E-state index contributed by atoms with van der Waals surface area (Å²) in [7, 11) is 0. The van der Waals surface area contributed by atoms with Crippen LogP contribution < -0.4 is 10.6 Å². The van der Waals surface area contributed by atoms with Crippen molar-refractivity contribution in [2.24, 2.45) is 0 Å². The van der Waals surface area contributed by atoms with Crippen molar-refractivity contribution in [2.75, 3.05) is 11.9 Å². The van der Waals surface area contributed by atoms with Crippen molar-refractivity contribution in [3.05, 3.63) is 65.0 Å². The maximum atomic E-state index is 14.6. The molecule has 2 rings (SSSR count). The smallest absolute Gasteiger partial charge is 0.352 e. The molecule has 2 aromatic carbocycles. The molecule has 5 nitrogen and oxygen atoms in total. The maximum absolute atomic E-state index is 14.6. The lowest BCUT2D eigenvalue weighted by molar-refractivity contribution is -0.149. The van der Waals surface area contributed by atoms with Crippen LogP contribution in [0.3, 0.4) is 0 Å². The van der Waals surface area contributed by atoms with Crippen LogP contribution in [0.15, 0.2) is 36.4 Å². The molecule has 0 atom stereocenters. The molecular weight excluding hydrogens is 411 g/mol. The number of benzene rings is 2. The van der Waals surface area contributed by atoms with Crippen LogP contribution in [0, 0.1) is 17.5 Å². The predicted octanol–water partition coefficient (Wildman–Crippen LogP) is 3.73. The van der Waals surface area contributed by atoms with Crippen molar-refractivity contribution in [3.63, 3.8) is 0 Å². The van der Waals surface area contributed by atoms with Gasteiger partial charge in [-0.1, -0.05) is 0 Å². The fourth-order valence-corrected chi connectivity index (χ4v) is 2.53. The van der Waals surface area contributed by atoms with E-state index in [1.807, 2.05) is 5.32 Å². The van der Waals surface area contributed by atoms with Crippen molar-refractivity contribution in [1.82, 2.24) is 5.32 Å². The normalized spacial score (nSPS) is 11.9. The molecule has 0 spiro atoms. The zero-order valence-corrected chi connectivity index (χ0v) is 16.0. The summed E-state index contributed by atoms with van der Waals surface area (Å²) in [5.41, 5.74) is -3.11. The molecule has 2 amide bonds. The molecule has 0 saturated heterocycles. The van der Waals surface area contributed by atoms with Gasteiger partial charge in [0.1, 0.15) is 5.82 Å². The Kier molecular flexibility index (Phi) is 6.81. The van der Waals surface area contributed by atoms with Crippen molar-refractivity contribution in [1.29, 1.82) is 0 Å². The average molecular weight is 430 g/mol. The Hall–Kier alpha value is -3.01. The first-order valence-corrected chi connectivity index (χ1v) is 8.75. The van der Waals surface area contributed by atoms with E-state index in [0.29, 0.717) is 18.2 Å². The second-order valence-corrected chi connectivity index (χ2v) is 7.16. The molecule has 0 radical (unpaired) electrons. The van der Waals surface area contributed by atoms with E-state index in [1.165, 1.54) is 13.8 Å². The summed E-state index contributed by atoms with van der Waals surface area (Å²) >= 11 is 0. The van der Waals surface area contributed by atoms with Gasteiger partial charge in [0.05, 0.1) is 5.56 Å². The van der Waals surface area contributed by atoms with Gasteiger partial charge in [-0.15, -0.1) is 0 Å². The summed E-state index contributed by atoms with van der Waals surface area (Å²) in [6.45, 7) is 2.44. The number of hydrogen-bond acceptors (Lipinski definition) is 3. The number of hydrogen-bond donors (Lipinski definition) is 3. The van der Waals surface area contributed by atoms with Crippen LogP contribution in [0.5, 0.6) is 0 Å². The molecule has 162 valence electrons. The number of carbonyl (C=O) groups is 2. The Morgan fingerprint density at radius 2 is 1.60 bits per heavy atom. The zero-order valence-electron chi connectivity index (χ0n) is 16.0. The number of rotatable bonds is 7. The number of anilines is 1. The third-order valence-corrected chi connectivity index (χ3v) is 4.22. The van der Waals surface area contributed by atoms with Gasteiger partial charge < -0.3 is 15.7 Å². The number of alkyl halides is 2. The summed E-state index contributed by atoms with van der Waals surface area (Å²) in [6, 6.07) is 4.49. The van der Waals surface area contributed by atoms with Crippen molar-refractivity contribution in [2.45, 2.75) is 31.7 Å². The van der Waals surface area contributed by atoms with Crippen LogP contribution in [-0.4, -0.2) is 29.1 Å². The highest BCUT2D eigenvalue weighted by Crippen LogP contribution is 2.32. The molecule has 10 heteroatoms. The van der Waals surface area contributed by atoms with Gasteiger partial charge >= 0.3 is 5.92 Å². The van der Waals surface area contributed by atoms with Crippen LogP contribution in [-0.2, 0) is 10.7 Å². The number of nitrogens with one attached hydrogen (secondary N) is 2. The number of carbonyl (C=O) groups excluding carboxylic acids is 2. The van der Waals surface area contributed by atoms with Gasteiger partial charge in [0, 0.05) is 29.5 Å². The Morgan fingerprint density at radius 3 is 2.20 bits per heavy atom. The van der Waals surface area contributed by atoms with Crippen molar-refractivity contribution < 1.29 is 36.6 Å². The van der Waals surface area contributed by atoms with Gasteiger partial charge in [-0.05, 0) is 50.6 Å². The average Bonchev–Trinajstić information content (AvgIpc) is 2.64. The number of amides is 2. The molecule has 0 unspecified atom stereocenters. The second-order valence-electron chi connectivity index (χ2n) is 7.16. The van der Waals surface area contributed by atoms with E-state index >= 15 is 0 Å². The minimum absolute atomic E-state index is 0.0199. The Bertz CT molecular complexity index is 963. The number of aliphatic hydroxyl groups excluding tert-OH is 1. The second kappa shape index (κ2) is 8.78. The van der Waals surface area contributed by atoms with E-state index in [4.69, 9.17) is 5.11 Å². The summed E-state index contributed by atoms with van der Waals surface area (Å²) in [5.74, 6) is -10.9. The molecule has 2 aromatic rings. The first kappa shape index (κ1) is 23.3. The predicted molar refractivity (Wildman–Crippen MR) is 98.5 cm³/mol. The van der Waals surface area contributed by atoms with Crippen LogP contribution in [0.4, 0.5) is 27.6 Å². The lowest BCUT2D eigenvalue weighted by Gasteiger charge is -2.28. The molecule has 0 aliphatic heterocycles. The summed E-state index contributed by atoms with van der Waals surface area (Å²) in [6.07, 6.45) is -0.0199. The molecule has 0 heterocycles. The Balaban J connectivity index is 2.29. The highest BCUT2D eigenvalue weighted by atomic mass is 19.3. The van der Waals surface area contributed by atoms with E-state index in [9.17, 15) is 31.5 Å². The quantitative estimate of drug-likeness (QED) is 0.586. The third kappa shape index (κ3) is 5.32. The van der Waals surface area contributed by atoms with E-state index in [0.717, 1.165) is 18.2 Å². The molecule has 0 aliphatic carbocycles. The fraction of sp³-hybridized carbons (Fsp3) is 0.300. The van der Waals surface area contributed by atoms with Crippen molar-refractivity contribution >= 4 is 17.5 Å². The van der Waals surface area contributed by atoms with Gasteiger partial charge in [0.2, 0.25) is 0 Å². The largest absolute Gasteiger partial charge is 0.396 e. The van der Waals surface area contributed by atoms with Crippen LogP contribution in [0.1, 0.15) is 36.2 Å². The zero-order chi connectivity index (χ0) is 22.7. The first-order valence-electron chi connectivity index (χ1n) is 8.75. The lowest BCUT2D eigenvalue weighted by atomic mass is 9.98. The van der Waals surface area contributed by atoms with Gasteiger partial charge in [-0.3, -0.25) is 9.59 Å². The molecule has 0 saturated carbocycles. The highest BCUT2D eigenvalue weighted by molar-refractivity contribution is 6.04. The maximum Gasteiger partial charge on any atom is 0.352 e. The monoisotopic (exact) mass is 430 g/mol. The number of aliphatic hydroxyl groups is 1. The molecular formula is C20H19F5N2O3. The molecule has 0 aliphatic rings. The molecule has 3 N–H and O–H groups in total. The SMILES string of the molecule is CC(C)(CCO)NC(=O)C(F)(F)c1cc(C(=O)Nc2ccc(F)c(F)c2)ccc1F. The fourth-order valence-electron chi connectivity index (χ4n) is 2.53. The number of halogens is 5. The molecule has 0 bridgehead atoms. The third-order valence-electron chi connectivity index (χ3n) is 4.22. The van der Waals surface area contributed by atoms with Crippen LogP contribution >= 0.6 is 0 Å². The van der Waals surface area contributed by atoms with E-state index in [1.54, 1.807) is 0 Å². The standard InChI is InChI=1S/C20H19F5N2O3/c1-19(2,7-8-28)27-18(30)20(24,25)13-9-11(3-5-14(13)21)17(29)26-12-4-6-15(22)16(23)10-12/h3-6,9-10,28H,7-8H2,1-2H3,(H,26,29)(H,27,30). The summed E-state index contributed by atoms with van der Waals surface area (Å²) < 4.78 is 69.5. The minimum atomic E-state index is -4.32. The van der Waals surface area contributed by atoms with Gasteiger partial charge in [-0.25, -0.2) is 13.2 Å². The Labute approximate surface area is 168 Å². The highest BCUT2D eigenvalue weighted by Gasteiger charge is 2.45. The summed E-state index contributed by atoms with van der Waals surface area (Å²) in [5, 5.41) is 13.1. The molecule has 0 fully saturated rings. The van der Waals surface area contributed by atoms with Crippen LogP contribution in [0.2, 0.25) is 0 Å². The van der Waals surface area contributed by atoms with Gasteiger partial charge in [-0.2, -0.15) is 8.78 Å². The van der Waals surface area contributed by atoms with Crippen LogP contribution in [0.25, 0.3) is 0 Å². The van der Waals surface area contributed by atoms with Gasteiger partial charge in [0.15, 0.2) is 11.6 Å². The topological polar surface area (TPSA) is 78.4 Å². The van der Waals surface area contributed by atoms with Crippen molar-refractivity contribution in [3.8, 4) is 0 Å². The van der Waals surface area contributed by atoms with E-state index in [-0.39, 0.29) is 18.7 Å². The van der Waals surface area contributed by atoms with E-state index in [2.05, 4.69) is 5.32 Å². The minimum Gasteiger partial charge on any atom is -0.396 e. The lowest BCUT2D eigenvalue weighted by Crippen LogP contribution is -2.50. The summed E-state index contributed by atoms with van der Waals surface area (Å²) in [4.78, 5) is 24.3. The van der Waals surface area contributed by atoms with E-state index < -0.39 is 51.9 Å². The molecule has 0 aromatic heterocycles. The first-order chi connectivity index (χ1) is 13.9.